The molecule has 0 fully saturated rings. The molecule has 0 radical (unpaired) electrons. The van der Waals surface area contributed by atoms with Gasteiger partial charge < -0.3 is 0 Å². The Morgan fingerprint density at radius 1 is 0.438 bits per heavy atom. The van der Waals surface area contributed by atoms with Crippen molar-refractivity contribution in [3.05, 3.63) is 121 Å². The molecule has 0 aliphatic rings. The Hall–Kier alpha value is -4.34. The van der Waals surface area contributed by atoms with Crippen molar-refractivity contribution in [1.82, 2.24) is 0 Å². The highest BCUT2D eigenvalue weighted by atomic mass is 14.2. The van der Waals surface area contributed by atoms with Crippen molar-refractivity contribution in [1.29, 1.82) is 0 Å². The van der Waals surface area contributed by atoms with E-state index in [9.17, 15) is 0 Å². The molecule has 0 N–H and O–H groups in total. The largest absolute Gasteiger partial charge is 0.115 e. The van der Waals surface area contributed by atoms with E-state index >= 15 is 0 Å². The zero-order valence-electron chi connectivity index (χ0n) is 17.5. The molecule has 0 unspecified atom stereocenters. The molecule has 6 rings (SSSR count). The van der Waals surface area contributed by atoms with Crippen LogP contribution >= 0.6 is 0 Å². The second-order valence-corrected chi connectivity index (χ2v) is 8.17. The van der Waals surface area contributed by atoms with Crippen molar-refractivity contribution in [2.75, 3.05) is 0 Å². The summed E-state index contributed by atoms with van der Waals surface area (Å²) in [6.07, 6.45) is 6.06. The molecule has 32 heavy (non-hydrogen) atoms. The third kappa shape index (κ3) is 2.96. The smallest absolute Gasteiger partial charge is 0.0333 e. The van der Waals surface area contributed by atoms with Crippen LogP contribution in [0.3, 0.4) is 0 Å². The summed E-state index contributed by atoms with van der Waals surface area (Å²) in [6, 6.07) is 40.9. The third-order valence-electron chi connectivity index (χ3n) is 6.24. The summed E-state index contributed by atoms with van der Waals surface area (Å²) in [7, 11) is 0. The van der Waals surface area contributed by atoms with Crippen molar-refractivity contribution < 1.29 is 0 Å². The Kier molecular flexibility index (Phi) is 4.27. The summed E-state index contributed by atoms with van der Waals surface area (Å²) >= 11 is 0. The van der Waals surface area contributed by atoms with Crippen LogP contribution in [0.5, 0.6) is 0 Å². The Labute approximate surface area is 187 Å². The molecule has 0 amide bonds. The maximum Gasteiger partial charge on any atom is 0.0333 e. The van der Waals surface area contributed by atoms with Gasteiger partial charge in [0, 0.05) is 11.1 Å². The maximum absolute atomic E-state index is 6.06. The van der Waals surface area contributed by atoms with Crippen LogP contribution in [0.2, 0.25) is 0 Å². The predicted molar refractivity (Wildman–Crippen MR) is 138 cm³/mol. The van der Waals surface area contributed by atoms with Crippen LogP contribution in [0.25, 0.3) is 54.6 Å². The molecular formula is C32H20. The highest BCUT2D eigenvalue weighted by molar-refractivity contribution is 6.12. The van der Waals surface area contributed by atoms with Gasteiger partial charge in [-0.05, 0) is 79.3 Å². The van der Waals surface area contributed by atoms with Crippen LogP contribution in [-0.2, 0) is 0 Å². The van der Waals surface area contributed by atoms with Crippen molar-refractivity contribution in [3.8, 4) is 34.6 Å². The Balaban J connectivity index is 1.79. The molecule has 0 aliphatic carbocycles. The fourth-order valence-electron chi connectivity index (χ4n) is 4.77. The fraction of sp³-hybridized carbons (Fsp3) is 0. The molecule has 0 saturated heterocycles. The lowest BCUT2D eigenvalue weighted by Crippen LogP contribution is -1.93. The third-order valence-corrected chi connectivity index (χ3v) is 6.24. The normalized spacial score (nSPS) is 11.1. The molecule has 6 aromatic rings. The van der Waals surface area contributed by atoms with Crippen molar-refractivity contribution in [3.63, 3.8) is 0 Å². The zero-order valence-corrected chi connectivity index (χ0v) is 17.5. The van der Waals surface area contributed by atoms with Gasteiger partial charge in [-0.2, -0.15) is 0 Å². The van der Waals surface area contributed by atoms with E-state index < -0.39 is 0 Å². The lowest BCUT2D eigenvalue weighted by atomic mass is 9.85. The number of rotatable bonds is 2. The molecule has 0 spiro atoms. The molecule has 0 aliphatic heterocycles. The Morgan fingerprint density at radius 2 is 0.938 bits per heavy atom. The number of terminal acetylenes is 1. The van der Waals surface area contributed by atoms with Crippen LogP contribution in [-0.4, -0.2) is 0 Å². The number of fused-ring (bicyclic) bond motifs is 3. The summed E-state index contributed by atoms with van der Waals surface area (Å²) in [5, 5.41) is 7.35. The summed E-state index contributed by atoms with van der Waals surface area (Å²) < 4.78 is 0. The van der Waals surface area contributed by atoms with Crippen LogP contribution < -0.4 is 0 Å². The van der Waals surface area contributed by atoms with Crippen LogP contribution in [0, 0.1) is 12.3 Å². The highest BCUT2D eigenvalue weighted by Gasteiger charge is 2.17. The minimum atomic E-state index is 0.919. The summed E-state index contributed by atoms with van der Waals surface area (Å²) in [5.74, 6) is 2.97. The first kappa shape index (κ1) is 18.4. The van der Waals surface area contributed by atoms with Gasteiger partial charge in [0.2, 0.25) is 0 Å². The van der Waals surface area contributed by atoms with Gasteiger partial charge in [0.05, 0.1) is 0 Å². The van der Waals surface area contributed by atoms with Gasteiger partial charge in [-0.25, -0.2) is 0 Å². The van der Waals surface area contributed by atoms with E-state index in [0.29, 0.717) is 0 Å². The van der Waals surface area contributed by atoms with Crippen LogP contribution in [0.1, 0.15) is 5.56 Å². The summed E-state index contributed by atoms with van der Waals surface area (Å²) in [5.41, 5.74) is 5.54. The molecule has 0 saturated carbocycles. The molecule has 0 atom stereocenters. The SMILES string of the molecule is C#Cc1cc2cc3cc4ccccc4cc3cc2c(-c2ccccc2)c1-c1ccccc1. The van der Waals surface area contributed by atoms with Crippen LogP contribution in [0.15, 0.2) is 115 Å². The quantitative estimate of drug-likeness (QED) is 0.200. The van der Waals surface area contributed by atoms with E-state index in [1.54, 1.807) is 0 Å². The lowest BCUT2D eigenvalue weighted by molar-refractivity contribution is 1.59. The first-order chi connectivity index (χ1) is 15.8. The van der Waals surface area contributed by atoms with Crippen molar-refractivity contribution >= 4 is 32.3 Å². The van der Waals surface area contributed by atoms with E-state index in [4.69, 9.17) is 6.42 Å². The van der Waals surface area contributed by atoms with E-state index in [0.717, 1.165) is 16.7 Å². The monoisotopic (exact) mass is 404 g/mol. The second kappa shape index (κ2) is 7.41. The van der Waals surface area contributed by atoms with Gasteiger partial charge >= 0.3 is 0 Å². The maximum atomic E-state index is 6.06. The first-order valence-corrected chi connectivity index (χ1v) is 10.8. The standard InChI is InChI=1S/C32H20/c1-2-22-17-29-20-27-18-25-15-9-10-16-26(25)19-28(27)21-30(29)32(24-13-7-4-8-14-24)31(22)23-11-5-3-6-12-23/h1,3-21H. The van der Waals surface area contributed by atoms with E-state index in [1.165, 1.54) is 43.4 Å². The molecule has 0 heteroatoms. The molecular weight excluding hydrogens is 384 g/mol. The first-order valence-electron chi connectivity index (χ1n) is 10.8. The van der Waals surface area contributed by atoms with Gasteiger partial charge in [-0.15, -0.1) is 6.42 Å². The van der Waals surface area contributed by atoms with Gasteiger partial charge in [0.15, 0.2) is 0 Å². The topological polar surface area (TPSA) is 0 Å². The Bertz CT molecular complexity index is 1650. The molecule has 0 heterocycles. The average Bonchev–Trinajstić information content (AvgIpc) is 2.86. The van der Waals surface area contributed by atoms with E-state index in [2.05, 4.69) is 115 Å². The Morgan fingerprint density at radius 3 is 1.53 bits per heavy atom. The highest BCUT2D eigenvalue weighted by Crippen LogP contribution is 2.42. The molecule has 0 aromatic heterocycles. The van der Waals surface area contributed by atoms with E-state index in [-0.39, 0.29) is 0 Å². The van der Waals surface area contributed by atoms with Gasteiger partial charge in [-0.1, -0.05) is 90.8 Å². The summed E-state index contributed by atoms with van der Waals surface area (Å²) in [6.45, 7) is 0. The number of hydrogen-bond donors (Lipinski definition) is 0. The van der Waals surface area contributed by atoms with Crippen LogP contribution in [0.4, 0.5) is 0 Å². The molecule has 0 nitrogen and oxygen atoms in total. The minimum Gasteiger partial charge on any atom is -0.115 e. The zero-order chi connectivity index (χ0) is 21.5. The van der Waals surface area contributed by atoms with Gasteiger partial charge in [-0.3, -0.25) is 0 Å². The summed E-state index contributed by atoms with van der Waals surface area (Å²) in [4.78, 5) is 0. The van der Waals surface area contributed by atoms with Gasteiger partial charge in [0.1, 0.15) is 0 Å². The van der Waals surface area contributed by atoms with Crippen molar-refractivity contribution in [2.45, 2.75) is 0 Å². The van der Waals surface area contributed by atoms with E-state index in [1.807, 2.05) is 6.07 Å². The number of benzene rings is 6. The molecule has 0 bridgehead atoms. The lowest BCUT2D eigenvalue weighted by Gasteiger charge is -2.17. The fourth-order valence-corrected chi connectivity index (χ4v) is 4.77. The average molecular weight is 405 g/mol. The second-order valence-electron chi connectivity index (χ2n) is 8.17. The number of hydrogen-bond acceptors (Lipinski definition) is 0. The predicted octanol–water partition coefficient (Wildman–Crippen LogP) is 8.46. The molecule has 148 valence electrons. The van der Waals surface area contributed by atoms with Crippen molar-refractivity contribution in [2.24, 2.45) is 0 Å². The molecule has 6 aromatic carbocycles. The van der Waals surface area contributed by atoms with Gasteiger partial charge in [0.25, 0.3) is 0 Å². The minimum absolute atomic E-state index is 0.919.